The average molecular weight is 577 g/mol. The Hall–Kier alpha value is -3.26. The predicted molar refractivity (Wildman–Crippen MR) is 152 cm³/mol. The molecule has 224 valence electrons. The van der Waals surface area contributed by atoms with E-state index < -0.39 is 51.7 Å². The third-order valence-corrected chi connectivity index (χ3v) is 11.1. The van der Waals surface area contributed by atoms with E-state index in [1.165, 1.54) is 13.2 Å². The number of allylic oxidation sites excluding steroid dienone is 2. The fraction of sp³-hybridized carbons (Fsp3) is 0.588. The zero-order valence-corrected chi connectivity index (χ0v) is 25.6. The smallest absolute Gasteiger partial charge is 0.316 e. The second-order valence-electron chi connectivity index (χ2n) is 14.4. The highest BCUT2D eigenvalue weighted by molar-refractivity contribution is 6.00. The number of fused-ring (bicyclic) bond motifs is 4. The van der Waals surface area contributed by atoms with Gasteiger partial charge in [0.25, 0.3) is 0 Å². The molecule has 6 rings (SSSR count). The maximum absolute atomic E-state index is 13.9. The molecule has 0 radical (unpaired) electrons. The van der Waals surface area contributed by atoms with Crippen LogP contribution in [-0.2, 0) is 33.4 Å². The first-order valence-electron chi connectivity index (χ1n) is 14.8. The van der Waals surface area contributed by atoms with Gasteiger partial charge in [0.2, 0.25) is 0 Å². The highest BCUT2D eigenvalue weighted by Gasteiger charge is 2.77. The molecule has 3 fully saturated rings. The summed E-state index contributed by atoms with van der Waals surface area (Å²) in [4.78, 5) is 52.5. The quantitative estimate of drug-likeness (QED) is 0.277. The Morgan fingerprint density at radius 1 is 1.05 bits per heavy atom. The van der Waals surface area contributed by atoms with Crippen LogP contribution >= 0.6 is 0 Å². The monoisotopic (exact) mass is 576 g/mol. The molecule has 8 nitrogen and oxygen atoms in total. The van der Waals surface area contributed by atoms with Crippen molar-refractivity contribution in [3.8, 4) is 5.75 Å². The van der Waals surface area contributed by atoms with Gasteiger partial charge in [-0.15, -0.1) is 0 Å². The van der Waals surface area contributed by atoms with Crippen LogP contribution in [0.4, 0.5) is 0 Å². The lowest BCUT2D eigenvalue weighted by Gasteiger charge is -2.59. The Kier molecular flexibility index (Phi) is 6.26. The first-order valence-corrected chi connectivity index (χ1v) is 14.8. The summed E-state index contributed by atoms with van der Waals surface area (Å²) < 4.78 is 23.6. The molecule has 0 aromatic heterocycles. The normalized spacial score (nSPS) is 39.9. The Balaban J connectivity index is 1.42. The van der Waals surface area contributed by atoms with E-state index in [1.807, 2.05) is 58.9 Å². The summed E-state index contributed by atoms with van der Waals surface area (Å²) >= 11 is 0. The van der Waals surface area contributed by atoms with Gasteiger partial charge in [0.15, 0.2) is 5.78 Å². The molecule has 0 spiro atoms. The molecular formula is C34H40O8. The molecule has 1 aromatic rings. The van der Waals surface area contributed by atoms with Crippen molar-refractivity contribution in [3.05, 3.63) is 53.1 Å². The molecule has 2 heterocycles. The summed E-state index contributed by atoms with van der Waals surface area (Å²) in [6.07, 6.45) is 2.55. The Labute approximate surface area is 246 Å². The lowest BCUT2D eigenvalue weighted by molar-refractivity contribution is -0.190. The van der Waals surface area contributed by atoms with E-state index in [2.05, 4.69) is 13.8 Å². The summed E-state index contributed by atoms with van der Waals surface area (Å²) in [5.41, 5.74) is -0.0930. The molecule has 3 aliphatic carbocycles. The molecule has 2 aliphatic heterocycles. The van der Waals surface area contributed by atoms with Crippen molar-refractivity contribution in [1.82, 2.24) is 0 Å². The lowest BCUT2D eigenvalue weighted by Crippen LogP contribution is -2.66. The topological polar surface area (TPSA) is 105 Å². The van der Waals surface area contributed by atoms with Gasteiger partial charge in [-0.05, 0) is 76.3 Å². The fourth-order valence-electron chi connectivity index (χ4n) is 8.96. The van der Waals surface area contributed by atoms with Crippen LogP contribution in [0, 0.1) is 33.5 Å². The molecule has 42 heavy (non-hydrogen) atoms. The number of carbonyl (C=O) groups excluding carboxylic acids is 4. The number of hydrogen-bond donors (Lipinski definition) is 0. The molecule has 1 saturated carbocycles. The van der Waals surface area contributed by atoms with Gasteiger partial charge in [-0.25, -0.2) is 0 Å². The third-order valence-electron chi connectivity index (χ3n) is 11.1. The van der Waals surface area contributed by atoms with Crippen LogP contribution in [0.2, 0.25) is 0 Å². The summed E-state index contributed by atoms with van der Waals surface area (Å²) in [6, 6.07) is 7.58. The molecule has 0 unspecified atom stereocenters. The zero-order chi connectivity index (χ0) is 30.6. The third kappa shape index (κ3) is 3.69. The molecule has 0 N–H and O–H groups in total. The molecular weight excluding hydrogens is 536 g/mol. The van der Waals surface area contributed by atoms with Gasteiger partial charge in [0.1, 0.15) is 18.0 Å². The second kappa shape index (κ2) is 9.12. The molecule has 1 aromatic carbocycles. The first-order chi connectivity index (χ1) is 19.6. The fourth-order valence-corrected chi connectivity index (χ4v) is 8.96. The van der Waals surface area contributed by atoms with Crippen LogP contribution in [-0.4, -0.2) is 49.1 Å². The average Bonchev–Trinajstić information content (AvgIpc) is 3.52. The summed E-state index contributed by atoms with van der Waals surface area (Å²) in [7, 11) is 1.36. The van der Waals surface area contributed by atoms with Gasteiger partial charge >= 0.3 is 17.9 Å². The van der Waals surface area contributed by atoms with E-state index in [4.69, 9.17) is 18.9 Å². The molecule has 2 saturated heterocycles. The van der Waals surface area contributed by atoms with E-state index in [1.54, 1.807) is 6.08 Å². The van der Waals surface area contributed by atoms with E-state index in [0.717, 1.165) is 16.7 Å². The minimum absolute atomic E-state index is 0.0262. The van der Waals surface area contributed by atoms with Crippen molar-refractivity contribution in [2.45, 2.75) is 85.5 Å². The molecule has 0 amide bonds. The number of rotatable bonds is 4. The number of esters is 3. The van der Waals surface area contributed by atoms with Crippen molar-refractivity contribution in [3.63, 3.8) is 0 Å². The Morgan fingerprint density at radius 2 is 1.71 bits per heavy atom. The van der Waals surface area contributed by atoms with Gasteiger partial charge in [-0.2, -0.15) is 0 Å². The van der Waals surface area contributed by atoms with E-state index >= 15 is 0 Å². The van der Waals surface area contributed by atoms with Crippen LogP contribution in [0.15, 0.2) is 47.6 Å². The van der Waals surface area contributed by atoms with Gasteiger partial charge in [-0.3, -0.25) is 19.2 Å². The first kappa shape index (κ1) is 28.8. The number of methoxy groups -OCH3 is 1. The minimum Gasteiger partial charge on any atom is -0.469 e. The predicted octanol–water partition coefficient (Wildman–Crippen LogP) is 5.10. The van der Waals surface area contributed by atoms with Gasteiger partial charge in [0.05, 0.1) is 30.5 Å². The number of hydrogen-bond acceptors (Lipinski definition) is 8. The SMILES string of the molecule is COC(=O)C[C@H]1[C@]2(C)C3=C(C)[C@H](c4ccc(OC(=O)C(C)(C)C)cc4)C[C@H]3O[C@@H]2[C@@H]2OC(=O)[C@]3(C)C=CC(=O)[C@@]1(C)[C@@H]23. The lowest BCUT2D eigenvalue weighted by atomic mass is 9.42. The number of carbonyl (C=O) groups is 4. The summed E-state index contributed by atoms with van der Waals surface area (Å²) in [6.45, 7) is 13.4. The standard InChI is InChI=1S/C34H40O8/c1-17-20(18-9-11-19(12-10-18)40-29(37)31(2,3)4)15-21-25(17)34(7)22(16-24(36)39-8)33(6)23(35)13-14-32(5)27(33)26(28(34)41-21)42-30(32)38/h9-14,20-22,26-28H,15-16H2,1-8H3/t20-,21-,22-,26-,27+,28-,32-,33+,34-/m1/s1. The highest BCUT2D eigenvalue weighted by atomic mass is 16.6. The van der Waals surface area contributed by atoms with E-state index in [-0.39, 0.29) is 36.2 Å². The zero-order valence-electron chi connectivity index (χ0n) is 25.6. The van der Waals surface area contributed by atoms with Gasteiger partial charge < -0.3 is 18.9 Å². The number of ketones is 1. The van der Waals surface area contributed by atoms with Crippen LogP contribution < -0.4 is 4.74 Å². The molecule has 9 atom stereocenters. The summed E-state index contributed by atoms with van der Waals surface area (Å²) in [5.74, 6) is -1.55. The molecule has 5 aliphatic rings. The van der Waals surface area contributed by atoms with Crippen LogP contribution in [0.5, 0.6) is 5.75 Å². The van der Waals surface area contributed by atoms with Crippen molar-refractivity contribution in [1.29, 1.82) is 0 Å². The number of benzene rings is 1. The highest BCUT2D eigenvalue weighted by Crippen LogP contribution is 2.72. The second-order valence-corrected chi connectivity index (χ2v) is 14.4. The van der Waals surface area contributed by atoms with Crippen molar-refractivity contribution in [2.24, 2.45) is 33.5 Å². The van der Waals surface area contributed by atoms with Crippen molar-refractivity contribution >= 4 is 23.7 Å². The van der Waals surface area contributed by atoms with Gasteiger partial charge in [-0.1, -0.05) is 37.6 Å². The largest absolute Gasteiger partial charge is 0.469 e. The van der Waals surface area contributed by atoms with E-state index in [0.29, 0.717) is 12.2 Å². The maximum atomic E-state index is 13.9. The van der Waals surface area contributed by atoms with Crippen molar-refractivity contribution < 1.29 is 38.1 Å². The Morgan fingerprint density at radius 3 is 2.33 bits per heavy atom. The van der Waals surface area contributed by atoms with Crippen LogP contribution in [0.25, 0.3) is 0 Å². The van der Waals surface area contributed by atoms with Crippen LogP contribution in [0.1, 0.15) is 72.8 Å². The van der Waals surface area contributed by atoms with Crippen molar-refractivity contribution in [2.75, 3.05) is 7.11 Å². The maximum Gasteiger partial charge on any atom is 0.316 e. The molecule has 0 bridgehead atoms. The summed E-state index contributed by atoms with van der Waals surface area (Å²) in [5, 5.41) is 0. The Bertz CT molecular complexity index is 1450. The van der Waals surface area contributed by atoms with Crippen LogP contribution in [0.3, 0.4) is 0 Å². The van der Waals surface area contributed by atoms with E-state index in [9.17, 15) is 19.2 Å². The van der Waals surface area contributed by atoms with Gasteiger partial charge in [0, 0.05) is 22.7 Å². The minimum atomic E-state index is -1.04. The number of ether oxygens (including phenoxy) is 4. The molecule has 8 heteroatoms.